The van der Waals surface area contributed by atoms with E-state index >= 15 is 0 Å². The lowest BCUT2D eigenvalue weighted by Crippen LogP contribution is -2.07. The first-order valence-electron chi connectivity index (χ1n) is 6.02. The highest BCUT2D eigenvalue weighted by atomic mass is 16.6. The van der Waals surface area contributed by atoms with Crippen molar-refractivity contribution in [2.75, 3.05) is 6.61 Å². The number of nitro benzene ring substituents is 1. The number of hydrogen-bond acceptors (Lipinski definition) is 7. The average Bonchev–Trinajstić information content (AvgIpc) is 2.91. The van der Waals surface area contributed by atoms with Crippen LogP contribution < -0.4 is 0 Å². The lowest BCUT2D eigenvalue weighted by atomic mass is 10.0. The maximum atomic E-state index is 11.8. The molecule has 0 atom stereocenters. The van der Waals surface area contributed by atoms with E-state index < -0.39 is 10.9 Å². The molecule has 9 heteroatoms. The van der Waals surface area contributed by atoms with Gasteiger partial charge in [0.25, 0.3) is 5.69 Å². The zero-order chi connectivity index (χ0) is 15.6. The van der Waals surface area contributed by atoms with Crippen LogP contribution in [0.2, 0.25) is 0 Å². The molecule has 0 bridgehead atoms. The summed E-state index contributed by atoms with van der Waals surface area (Å²) >= 11 is 0. The molecule has 0 fully saturated rings. The first-order chi connectivity index (χ1) is 9.95. The molecule has 110 valence electrons. The quantitative estimate of drug-likeness (QED) is 0.496. The minimum Gasteiger partial charge on any atom is -0.507 e. The van der Waals surface area contributed by atoms with Crippen molar-refractivity contribution in [2.24, 2.45) is 0 Å². The van der Waals surface area contributed by atoms with Crippen molar-refractivity contribution in [3.05, 3.63) is 33.5 Å². The molecule has 1 heterocycles. The number of ether oxygens (including phenoxy) is 1. The fraction of sp³-hybridized carbons (Fsp3) is 0.250. The maximum absolute atomic E-state index is 11.8. The molecule has 21 heavy (non-hydrogen) atoms. The zero-order valence-corrected chi connectivity index (χ0v) is 11.3. The summed E-state index contributed by atoms with van der Waals surface area (Å²) in [5.41, 5.74) is -0.0431. The van der Waals surface area contributed by atoms with Crippen LogP contribution in [-0.2, 0) is 4.74 Å². The number of nitrogens with zero attached hydrogens (tertiary/aromatic N) is 3. The molecule has 0 radical (unpaired) electrons. The van der Waals surface area contributed by atoms with Gasteiger partial charge in [-0.1, -0.05) is 0 Å². The van der Waals surface area contributed by atoms with Crippen LogP contribution in [0.1, 0.15) is 23.0 Å². The second-order valence-corrected chi connectivity index (χ2v) is 4.16. The summed E-state index contributed by atoms with van der Waals surface area (Å²) in [7, 11) is 0. The number of aromatic hydroxyl groups is 1. The first-order valence-corrected chi connectivity index (χ1v) is 6.02. The molecular formula is C12H12N4O5. The van der Waals surface area contributed by atoms with Crippen molar-refractivity contribution in [2.45, 2.75) is 13.8 Å². The van der Waals surface area contributed by atoms with E-state index in [1.807, 2.05) is 0 Å². The Morgan fingerprint density at radius 1 is 1.48 bits per heavy atom. The highest BCUT2D eigenvalue weighted by molar-refractivity contribution is 5.95. The Bertz CT molecular complexity index is 710. The minimum absolute atomic E-state index is 0.00208. The van der Waals surface area contributed by atoms with E-state index in [0.29, 0.717) is 0 Å². The number of phenols is 1. The number of non-ortho nitro benzene ring substituents is 1. The Hall–Kier alpha value is -2.97. The molecule has 9 nitrogen and oxygen atoms in total. The van der Waals surface area contributed by atoms with Gasteiger partial charge >= 0.3 is 5.97 Å². The smallest absolute Gasteiger partial charge is 0.361 e. The number of aromatic nitrogens is 3. The number of aromatic amines is 1. The molecule has 0 amide bonds. The number of carbonyl (C=O) groups is 1. The molecule has 0 spiro atoms. The van der Waals surface area contributed by atoms with Crippen molar-refractivity contribution in [1.82, 2.24) is 15.4 Å². The molecular weight excluding hydrogens is 280 g/mol. The number of rotatable bonds is 4. The average molecular weight is 292 g/mol. The van der Waals surface area contributed by atoms with E-state index in [1.165, 1.54) is 13.0 Å². The van der Waals surface area contributed by atoms with Gasteiger partial charge in [-0.15, -0.1) is 5.10 Å². The maximum Gasteiger partial charge on any atom is 0.361 e. The Morgan fingerprint density at radius 2 is 2.19 bits per heavy atom. The van der Waals surface area contributed by atoms with Crippen LogP contribution >= 0.6 is 0 Å². The largest absolute Gasteiger partial charge is 0.507 e. The van der Waals surface area contributed by atoms with E-state index in [2.05, 4.69) is 15.4 Å². The van der Waals surface area contributed by atoms with E-state index in [9.17, 15) is 20.0 Å². The molecule has 0 aliphatic rings. The SMILES string of the molecule is CCOC(=O)c1n[nH]nc1-c1cc([N+](=O)[O-])cc(C)c1O. The van der Waals surface area contributed by atoms with Crippen LogP contribution in [0.25, 0.3) is 11.3 Å². The molecule has 2 N–H and O–H groups in total. The number of nitro groups is 1. The summed E-state index contributed by atoms with van der Waals surface area (Å²) < 4.78 is 4.82. The number of aryl methyl sites for hydroxylation is 1. The van der Waals surface area contributed by atoms with Gasteiger partial charge in [0.2, 0.25) is 0 Å². The Labute approximate surface area is 118 Å². The van der Waals surface area contributed by atoms with Gasteiger partial charge in [0.1, 0.15) is 11.4 Å². The van der Waals surface area contributed by atoms with Gasteiger partial charge in [0.15, 0.2) is 5.69 Å². The highest BCUT2D eigenvalue weighted by Gasteiger charge is 2.24. The molecule has 1 aromatic heterocycles. The van der Waals surface area contributed by atoms with Crippen molar-refractivity contribution >= 4 is 11.7 Å². The molecule has 2 rings (SSSR count). The van der Waals surface area contributed by atoms with Crippen LogP contribution in [0.4, 0.5) is 5.69 Å². The standard InChI is InChI=1S/C12H12N4O5/c1-3-21-12(18)10-9(13-15-14-10)8-5-7(16(19)20)4-6(2)11(8)17/h4-5,17H,3H2,1-2H3,(H,13,14,15). The normalized spacial score (nSPS) is 10.4. The third-order valence-electron chi connectivity index (χ3n) is 2.77. The van der Waals surface area contributed by atoms with Gasteiger partial charge in [-0.25, -0.2) is 4.79 Å². The van der Waals surface area contributed by atoms with Gasteiger partial charge in [0, 0.05) is 12.1 Å². The number of esters is 1. The summed E-state index contributed by atoms with van der Waals surface area (Å²) in [6.45, 7) is 3.29. The summed E-state index contributed by atoms with van der Waals surface area (Å²) in [5.74, 6) is -0.940. The van der Waals surface area contributed by atoms with Crippen molar-refractivity contribution in [3.63, 3.8) is 0 Å². The van der Waals surface area contributed by atoms with E-state index in [4.69, 9.17) is 4.74 Å². The molecule has 0 saturated heterocycles. The van der Waals surface area contributed by atoms with Crippen LogP contribution in [0.15, 0.2) is 12.1 Å². The topological polar surface area (TPSA) is 131 Å². The molecule has 2 aromatic rings. The van der Waals surface area contributed by atoms with E-state index in [1.54, 1.807) is 6.92 Å². The summed E-state index contributed by atoms with van der Waals surface area (Å²) in [6.07, 6.45) is 0. The molecule has 0 aliphatic carbocycles. The number of H-pyrrole nitrogens is 1. The van der Waals surface area contributed by atoms with Gasteiger partial charge in [-0.05, 0) is 19.4 Å². The van der Waals surface area contributed by atoms with Crippen molar-refractivity contribution in [1.29, 1.82) is 0 Å². The molecule has 1 aromatic carbocycles. The lowest BCUT2D eigenvalue weighted by molar-refractivity contribution is -0.384. The first kappa shape index (κ1) is 14.4. The molecule has 0 saturated carbocycles. The van der Waals surface area contributed by atoms with Crippen molar-refractivity contribution in [3.8, 4) is 17.0 Å². The highest BCUT2D eigenvalue weighted by Crippen LogP contribution is 2.35. The van der Waals surface area contributed by atoms with E-state index in [-0.39, 0.29) is 40.6 Å². The fourth-order valence-electron chi connectivity index (χ4n) is 1.81. The molecule has 0 unspecified atom stereocenters. The zero-order valence-electron chi connectivity index (χ0n) is 11.3. The number of nitrogens with one attached hydrogen (secondary N) is 1. The van der Waals surface area contributed by atoms with Crippen LogP contribution in [0.3, 0.4) is 0 Å². The number of carbonyl (C=O) groups excluding carboxylic acids is 1. The van der Waals surface area contributed by atoms with Gasteiger partial charge in [-0.2, -0.15) is 10.3 Å². The number of hydrogen-bond donors (Lipinski definition) is 2. The third kappa shape index (κ3) is 2.66. The molecule has 0 aliphatic heterocycles. The van der Waals surface area contributed by atoms with E-state index in [0.717, 1.165) is 6.07 Å². The predicted octanol–water partition coefficient (Wildman–Crippen LogP) is 1.57. The Kier molecular flexibility index (Phi) is 3.83. The summed E-state index contributed by atoms with van der Waals surface area (Å²) in [5, 5.41) is 30.6. The predicted molar refractivity (Wildman–Crippen MR) is 70.8 cm³/mol. The second kappa shape index (κ2) is 5.57. The van der Waals surface area contributed by atoms with Crippen LogP contribution in [-0.4, -0.2) is 38.0 Å². The van der Waals surface area contributed by atoms with Crippen LogP contribution in [0, 0.1) is 17.0 Å². The summed E-state index contributed by atoms with van der Waals surface area (Å²) in [6, 6.07) is 2.35. The number of benzene rings is 1. The monoisotopic (exact) mass is 292 g/mol. The Morgan fingerprint density at radius 3 is 2.81 bits per heavy atom. The lowest BCUT2D eigenvalue weighted by Gasteiger charge is -2.06. The minimum atomic E-state index is -0.732. The number of phenolic OH excluding ortho intramolecular Hbond substituents is 1. The second-order valence-electron chi connectivity index (χ2n) is 4.16. The fourth-order valence-corrected chi connectivity index (χ4v) is 1.81. The Balaban J connectivity index is 2.60. The van der Waals surface area contributed by atoms with Gasteiger partial charge in [-0.3, -0.25) is 10.1 Å². The van der Waals surface area contributed by atoms with Crippen LogP contribution in [0.5, 0.6) is 5.75 Å². The summed E-state index contributed by atoms with van der Waals surface area (Å²) in [4.78, 5) is 22.1. The third-order valence-corrected chi connectivity index (χ3v) is 2.77. The van der Waals surface area contributed by atoms with Gasteiger partial charge in [0.05, 0.1) is 17.1 Å². The van der Waals surface area contributed by atoms with Gasteiger partial charge < -0.3 is 9.84 Å². The van der Waals surface area contributed by atoms with Crippen molar-refractivity contribution < 1.29 is 19.6 Å².